The van der Waals surface area contributed by atoms with Gasteiger partial charge in [-0.3, -0.25) is 4.79 Å². The molecule has 0 saturated carbocycles. The van der Waals surface area contributed by atoms with Crippen LogP contribution in [0.5, 0.6) is 0 Å². The molecule has 0 radical (unpaired) electrons. The van der Waals surface area contributed by atoms with E-state index in [4.69, 9.17) is 9.47 Å². The van der Waals surface area contributed by atoms with Gasteiger partial charge < -0.3 is 40.3 Å². The Balaban J connectivity index is 2.24. The smallest absolute Gasteiger partial charge is 0.220 e. The second kappa shape index (κ2) is 51.6. The fourth-order valence-electron chi connectivity index (χ4n) is 7.88. The highest BCUT2D eigenvalue weighted by atomic mass is 16.7. The molecule has 1 aliphatic heterocycles. The Morgan fingerprint density at radius 2 is 0.863 bits per heavy atom. The highest BCUT2D eigenvalue weighted by Crippen LogP contribution is 2.22. The number of allylic oxidation sites excluding steroid dienone is 23. The molecule has 9 nitrogen and oxygen atoms in total. The van der Waals surface area contributed by atoms with E-state index >= 15 is 0 Å². The molecule has 9 heteroatoms. The van der Waals surface area contributed by atoms with Crippen LogP contribution < -0.4 is 5.32 Å². The molecular formula is C64H103NO8. The number of carbonyl (C=O) groups is 1. The van der Waals surface area contributed by atoms with Crippen molar-refractivity contribution in [1.82, 2.24) is 5.32 Å². The molecule has 0 aromatic rings. The zero-order valence-electron chi connectivity index (χ0n) is 45.6. The summed E-state index contributed by atoms with van der Waals surface area (Å²) >= 11 is 0. The molecule has 0 bridgehead atoms. The molecule has 6 N–H and O–H groups in total. The van der Waals surface area contributed by atoms with Crippen LogP contribution in [0.1, 0.15) is 194 Å². The summed E-state index contributed by atoms with van der Waals surface area (Å²) in [5.74, 6) is -0.210. The molecule has 7 atom stereocenters. The Kier molecular flexibility index (Phi) is 47.4. The SMILES string of the molecule is CC/C=C\C/C=C\C/C=C\C/C=C\C/C=C\C/C=C\C/C=C\C/C=C\C/C=C\CCCCCCCCCC(=O)NC(COC1OC(CO)C(O)C(O)C1O)C(O)/C=C/CC/C=C/CC/C=C/CCCCCCC. The fourth-order valence-corrected chi connectivity index (χ4v) is 7.88. The molecule has 7 unspecified atom stereocenters. The highest BCUT2D eigenvalue weighted by Gasteiger charge is 2.44. The summed E-state index contributed by atoms with van der Waals surface area (Å²) in [6.45, 7) is 3.60. The minimum absolute atomic E-state index is 0.210. The first kappa shape index (κ1) is 67.1. The van der Waals surface area contributed by atoms with E-state index in [-0.39, 0.29) is 12.5 Å². The van der Waals surface area contributed by atoms with Crippen LogP contribution in [-0.2, 0) is 14.3 Å². The van der Waals surface area contributed by atoms with Crippen molar-refractivity contribution in [2.75, 3.05) is 13.2 Å². The quantitative estimate of drug-likeness (QED) is 0.0261. The van der Waals surface area contributed by atoms with Crippen LogP contribution in [-0.4, -0.2) is 87.5 Å². The molecular weight excluding hydrogens is 911 g/mol. The Bertz CT molecular complexity index is 1650. The summed E-state index contributed by atoms with van der Waals surface area (Å²) in [6, 6.07) is -0.845. The third-order valence-electron chi connectivity index (χ3n) is 12.4. The summed E-state index contributed by atoms with van der Waals surface area (Å²) in [7, 11) is 0. The second-order valence-corrected chi connectivity index (χ2v) is 19.0. The molecule has 1 heterocycles. The van der Waals surface area contributed by atoms with E-state index in [1.54, 1.807) is 6.08 Å². The molecule has 0 spiro atoms. The van der Waals surface area contributed by atoms with Crippen LogP contribution in [0.3, 0.4) is 0 Å². The van der Waals surface area contributed by atoms with E-state index in [0.29, 0.717) is 6.42 Å². The topological polar surface area (TPSA) is 149 Å². The van der Waals surface area contributed by atoms with Gasteiger partial charge in [0, 0.05) is 6.42 Å². The first-order valence-electron chi connectivity index (χ1n) is 28.6. The molecule has 412 valence electrons. The van der Waals surface area contributed by atoms with Gasteiger partial charge in [-0.25, -0.2) is 0 Å². The third kappa shape index (κ3) is 41.1. The minimum atomic E-state index is -1.59. The van der Waals surface area contributed by atoms with Crippen molar-refractivity contribution in [3.8, 4) is 0 Å². The van der Waals surface area contributed by atoms with Crippen molar-refractivity contribution in [3.63, 3.8) is 0 Å². The Morgan fingerprint density at radius 1 is 0.479 bits per heavy atom. The Labute approximate surface area is 444 Å². The maximum atomic E-state index is 13.0. The number of carbonyl (C=O) groups excluding carboxylic acids is 1. The van der Waals surface area contributed by atoms with Gasteiger partial charge in [0.25, 0.3) is 0 Å². The number of aliphatic hydroxyl groups excluding tert-OH is 5. The van der Waals surface area contributed by atoms with Gasteiger partial charge in [0.2, 0.25) is 5.91 Å². The minimum Gasteiger partial charge on any atom is -0.394 e. The van der Waals surface area contributed by atoms with Crippen molar-refractivity contribution in [1.29, 1.82) is 0 Å². The van der Waals surface area contributed by atoms with Crippen LogP contribution in [0.2, 0.25) is 0 Å². The normalized spacial score (nSPS) is 20.2. The molecule has 1 rings (SSSR count). The van der Waals surface area contributed by atoms with Gasteiger partial charge >= 0.3 is 0 Å². The molecule has 1 amide bonds. The van der Waals surface area contributed by atoms with Gasteiger partial charge in [0.15, 0.2) is 6.29 Å². The Morgan fingerprint density at radius 3 is 1.32 bits per heavy atom. The van der Waals surface area contributed by atoms with E-state index < -0.39 is 49.5 Å². The molecule has 73 heavy (non-hydrogen) atoms. The van der Waals surface area contributed by atoms with Gasteiger partial charge in [-0.05, 0) is 116 Å². The van der Waals surface area contributed by atoms with E-state index in [1.807, 2.05) is 6.08 Å². The molecule has 0 aliphatic carbocycles. The summed E-state index contributed by atoms with van der Waals surface area (Å²) in [5.41, 5.74) is 0. The number of aliphatic hydroxyl groups is 5. The fraction of sp³-hybridized carbons (Fsp3) is 0.609. The second-order valence-electron chi connectivity index (χ2n) is 19.0. The van der Waals surface area contributed by atoms with Gasteiger partial charge in [0.05, 0.1) is 25.4 Å². The average Bonchev–Trinajstić information content (AvgIpc) is 3.39. The average molecular weight is 1010 g/mol. The lowest BCUT2D eigenvalue weighted by atomic mass is 9.99. The molecule has 1 aliphatic rings. The van der Waals surface area contributed by atoms with E-state index in [2.05, 4.69) is 153 Å². The van der Waals surface area contributed by atoms with Crippen molar-refractivity contribution in [2.24, 2.45) is 0 Å². The largest absolute Gasteiger partial charge is 0.394 e. The number of hydrogen-bond acceptors (Lipinski definition) is 8. The number of unbranched alkanes of at least 4 members (excludes halogenated alkanes) is 14. The van der Waals surface area contributed by atoms with Crippen LogP contribution in [0.15, 0.2) is 146 Å². The number of ether oxygens (including phenoxy) is 2. The lowest BCUT2D eigenvalue weighted by Crippen LogP contribution is -2.60. The first-order valence-corrected chi connectivity index (χ1v) is 28.6. The third-order valence-corrected chi connectivity index (χ3v) is 12.4. The summed E-state index contributed by atoms with van der Waals surface area (Å²) < 4.78 is 11.2. The number of hydrogen-bond donors (Lipinski definition) is 6. The number of rotatable bonds is 46. The summed E-state index contributed by atoms with van der Waals surface area (Å²) in [5, 5.41) is 54.4. The number of amides is 1. The zero-order chi connectivity index (χ0) is 52.9. The van der Waals surface area contributed by atoms with Gasteiger partial charge in [-0.1, -0.05) is 217 Å². The maximum absolute atomic E-state index is 13.0. The summed E-state index contributed by atoms with van der Waals surface area (Å²) in [4.78, 5) is 13.0. The van der Waals surface area contributed by atoms with Crippen LogP contribution in [0.25, 0.3) is 0 Å². The first-order chi connectivity index (χ1) is 35.8. The molecule has 0 aromatic heterocycles. The van der Waals surface area contributed by atoms with Gasteiger partial charge in [0.1, 0.15) is 24.4 Å². The standard InChI is InChI=1S/C64H103NO8/c1-3-5-7-9-11-13-15-17-19-20-21-22-23-24-25-26-27-28-29-30-31-32-33-34-35-36-37-38-40-42-44-46-48-50-52-54-60(68)65-57(56-72-64-63(71)62(70)61(69)59(55-66)73-64)58(67)53-51-49-47-45-43-41-39-18-16-14-12-10-8-6-4-2/h5,7,11,13,16-19,21-22,24-25,27-28,30-31,33-34,36-37,43,45,51,53,57-59,61-64,66-67,69-71H,3-4,6,8-10,12,14-15,20,23,26,29,32,35,38-42,44,46-50,52,54-56H2,1-2H3,(H,65,68)/b7-5-,13-11-,18-16+,19-17-,22-21-,25-24-,28-27-,31-30-,34-33-,37-36-,45-43+,53-51+. The van der Waals surface area contributed by atoms with E-state index in [1.165, 1.54) is 51.4 Å². The zero-order valence-corrected chi connectivity index (χ0v) is 45.6. The van der Waals surface area contributed by atoms with E-state index in [9.17, 15) is 30.3 Å². The summed E-state index contributed by atoms with van der Waals surface area (Å²) in [6.07, 6.45) is 73.3. The highest BCUT2D eigenvalue weighted by molar-refractivity contribution is 5.76. The van der Waals surface area contributed by atoms with Crippen LogP contribution in [0, 0.1) is 0 Å². The predicted molar refractivity (Wildman–Crippen MR) is 308 cm³/mol. The van der Waals surface area contributed by atoms with E-state index in [0.717, 1.165) is 122 Å². The van der Waals surface area contributed by atoms with Crippen molar-refractivity contribution in [3.05, 3.63) is 146 Å². The lowest BCUT2D eigenvalue weighted by molar-refractivity contribution is -0.302. The van der Waals surface area contributed by atoms with Crippen LogP contribution in [0.4, 0.5) is 0 Å². The molecule has 1 saturated heterocycles. The lowest BCUT2D eigenvalue weighted by Gasteiger charge is -2.40. The predicted octanol–water partition coefficient (Wildman–Crippen LogP) is 14.3. The van der Waals surface area contributed by atoms with Crippen molar-refractivity contribution in [2.45, 2.75) is 236 Å². The maximum Gasteiger partial charge on any atom is 0.220 e. The Hall–Kier alpha value is -3.93. The van der Waals surface area contributed by atoms with Gasteiger partial charge in [-0.2, -0.15) is 0 Å². The van der Waals surface area contributed by atoms with Gasteiger partial charge in [-0.15, -0.1) is 0 Å². The molecule has 0 aromatic carbocycles. The molecule has 1 fully saturated rings. The van der Waals surface area contributed by atoms with Crippen molar-refractivity contribution < 1.29 is 39.8 Å². The van der Waals surface area contributed by atoms with Crippen LogP contribution >= 0.6 is 0 Å². The number of nitrogens with one attached hydrogen (secondary N) is 1. The van der Waals surface area contributed by atoms with Crippen molar-refractivity contribution >= 4 is 5.91 Å². The monoisotopic (exact) mass is 1010 g/mol.